The van der Waals surface area contributed by atoms with Crippen molar-refractivity contribution in [2.45, 2.75) is 26.8 Å². The fraction of sp³-hybridized carbons (Fsp3) is 0.588. The van der Waals surface area contributed by atoms with Crippen LogP contribution in [0.1, 0.15) is 25.8 Å². The Morgan fingerprint density at radius 3 is 2.77 bits per heavy atom. The maximum absolute atomic E-state index is 5.55. The van der Waals surface area contributed by atoms with Crippen molar-refractivity contribution in [2.24, 2.45) is 10.9 Å². The van der Waals surface area contributed by atoms with Crippen molar-refractivity contribution in [3.8, 4) is 5.75 Å². The van der Waals surface area contributed by atoms with E-state index in [9.17, 15) is 0 Å². The van der Waals surface area contributed by atoms with E-state index in [1.54, 1.807) is 14.2 Å². The summed E-state index contributed by atoms with van der Waals surface area (Å²) in [7, 11) is 3.45. The highest BCUT2D eigenvalue weighted by atomic mass is 16.5. The first-order chi connectivity index (χ1) is 10.7. The SMILES string of the molecule is CN=C(NCCCOCC(C)C)NCc1cccc(OC)c1. The number of methoxy groups -OCH3 is 1. The third kappa shape index (κ3) is 7.88. The molecular formula is C17H29N3O2. The maximum atomic E-state index is 5.55. The summed E-state index contributed by atoms with van der Waals surface area (Å²) in [5, 5.41) is 6.57. The van der Waals surface area contributed by atoms with E-state index in [4.69, 9.17) is 9.47 Å². The summed E-state index contributed by atoms with van der Waals surface area (Å²) in [4.78, 5) is 4.21. The zero-order valence-corrected chi connectivity index (χ0v) is 14.2. The molecule has 0 aromatic heterocycles. The summed E-state index contributed by atoms with van der Waals surface area (Å²) < 4.78 is 10.8. The Hall–Kier alpha value is -1.75. The Morgan fingerprint density at radius 2 is 2.09 bits per heavy atom. The van der Waals surface area contributed by atoms with Crippen LogP contribution in [0.2, 0.25) is 0 Å². The van der Waals surface area contributed by atoms with Crippen LogP contribution in [0, 0.1) is 5.92 Å². The summed E-state index contributed by atoms with van der Waals surface area (Å²) in [6, 6.07) is 7.99. The fourth-order valence-electron chi connectivity index (χ4n) is 1.89. The van der Waals surface area contributed by atoms with Crippen LogP contribution in [0.4, 0.5) is 0 Å². The minimum Gasteiger partial charge on any atom is -0.497 e. The third-order valence-electron chi connectivity index (χ3n) is 3.03. The number of rotatable bonds is 9. The first-order valence-corrected chi connectivity index (χ1v) is 7.81. The molecule has 0 saturated heterocycles. The molecule has 5 heteroatoms. The van der Waals surface area contributed by atoms with Crippen LogP contribution < -0.4 is 15.4 Å². The van der Waals surface area contributed by atoms with Crippen molar-refractivity contribution < 1.29 is 9.47 Å². The standard InChI is InChI=1S/C17H29N3O2/c1-14(2)13-22-10-6-9-19-17(18-3)20-12-15-7-5-8-16(11-15)21-4/h5,7-8,11,14H,6,9-10,12-13H2,1-4H3,(H2,18,19,20). The zero-order chi connectivity index (χ0) is 16.2. The molecule has 0 aliphatic heterocycles. The Balaban J connectivity index is 2.22. The number of nitrogens with one attached hydrogen (secondary N) is 2. The molecule has 0 spiro atoms. The highest BCUT2D eigenvalue weighted by Crippen LogP contribution is 2.11. The topological polar surface area (TPSA) is 54.9 Å². The van der Waals surface area contributed by atoms with Crippen molar-refractivity contribution in [2.75, 3.05) is 33.9 Å². The minimum absolute atomic E-state index is 0.588. The summed E-state index contributed by atoms with van der Waals surface area (Å²) >= 11 is 0. The van der Waals surface area contributed by atoms with Gasteiger partial charge in [0.1, 0.15) is 5.75 Å². The van der Waals surface area contributed by atoms with Gasteiger partial charge in [-0.3, -0.25) is 4.99 Å². The van der Waals surface area contributed by atoms with Crippen molar-refractivity contribution in [1.82, 2.24) is 10.6 Å². The van der Waals surface area contributed by atoms with E-state index < -0.39 is 0 Å². The predicted molar refractivity (Wildman–Crippen MR) is 91.5 cm³/mol. The van der Waals surface area contributed by atoms with Gasteiger partial charge in [0.2, 0.25) is 0 Å². The Kier molecular flexibility index (Phi) is 9.07. The smallest absolute Gasteiger partial charge is 0.191 e. The Bertz CT molecular complexity index is 447. The summed E-state index contributed by atoms with van der Waals surface area (Å²) in [6.07, 6.45) is 0.965. The van der Waals surface area contributed by atoms with E-state index in [-0.39, 0.29) is 0 Å². The molecule has 0 unspecified atom stereocenters. The lowest BCUT2D eigenvalue weighted by atomic mass is 10.2. The van der Waals surface area contributed by atoms with Gasteiger partial charge in [-0.05, 0) is 30.0 Å². The molecule has 0 bridgehead atoms. The van der Waals surface area contributed by atoms with Gasteiger partial charge in [0.25, 0.3) is 0 Å². The molecule has 0 atom stereocenters. The molecule has 5 nitrogen and oxygen atoms in total. The molecule has 1 rings (SSSR count). The molecule has 0 aliphatic carbocycles. The quantitative estimate of drug-likeness (QED) is 0.418. The number of hydrogen-bond donors (Lipinski definition) is 2. The normalized spacial score (nSPS) is 11.6. The predicted octanol–water partition coefficient (Wildman–Crippen LogP) is 2.42. The van der Waals surface area contributed by atoms with Crippen LogP contribution in [0.5, 0.6) is 5.75 Å². The molecule has 0 amide bonds. The minimum atomic E-state index is 0.588. The number of guanidine groups is 1. The Morgan fingerprint density at radius 1 is 1.27 bits per heavy atom. The highest BCUT2D eigenvalue weighted by molar-refractivity contribution is 5.79. The molecule has 1 aromatic carbocycles. The first-order valence-electron chi connectivity index (χ1n) is 7.81. The molecule has 0 fully saturated rings. The van der Waals surface area contributed by atoms with Crippen LogP contribution >= 0.6 is 0 Å². The van der Waals surface area contributed by atoms with Crippen LogP contribution in [0.3, 0.4) is 0 Å². The molecule has 0 radical (unpaired) electrons. The second kappa shape index (κ2) is 10.9. The molecule has 2 N–H and O–H groups in total. The van der Waals surface area contributed by atoms with Crippen molar-refractivity contribution in [1.29, 1.82) is 0 Å². The van der Waals surface area contributed by atoms with Gasteiger partial charge in [0.05, 0.1) is 7.11 Å². The molecule has 22 heavy (non-hydrogen) atoms. The second-order valence-corrected chi connectivity index (χ2v) is 5.53. The van der Waals surface area contributed by atoms with Gasteiger partial charge in [-0.1, -0.05) is 26.0 Å². The van der Waals surface area contributed by atoms with Gasteiger partial charge in [0.15, 0.2) is 5.96 Å². The molecule has 0 aliphatic rings. The number of aliphatic imine (C=N–C) groups is 1. The molecule has 124 valence electrons. The lowest BCUT2D eigenvalue weighted by Crippen LogP contribution is -2.37. The van der Waals surface area contributed by atoms with Crippen molar-refractivity contribution in [3.63, 3.8) is 0 Å². The lowest BCUT2D eigenvalue weighted by Gasteiger charge is -2.13. The average molecular weight is 307 g/mol. The monoisotopic (exact) mass is 307 g/mol. The fourth-order valence-corrected chi connectivity index (χ4v) is 1.89. The summed E-state index contributed by atoms with van der Waals surface area (Å²) in [5.74, 6) is 2.25. The third-order valence-corrected chi connectivity index (χ3v) is 3.03. The van der Waals surface area contributed by atoms with Crippen LogP contribution in [-0.2, 0) is 11.3 Å². The Labute approximate surface area is 134 Å². The highest BCUT2D eigenvalue weighted by Gasteiger charge is 2.00. The average Bonchev–Trinajstić information content (AvgIpc) is 2.53. The maximum Gasteiger partial charge on any atom is 0.191 e. The largest absolute Gasteiger partial charge is 0.497 e. The number of ether oxygens (including phenoxy) is 2. The number of nitrogens with zero attached hydrogens (tertiary/aromatic N) is 1. The van der Waals surface area contributed by atoms with Gasteiger partial charge >= 0.3 is 0 Å². The first kappa shape index (κ1) is 18.3. The van der Waals surface area contributed by atoms with Gasteiger partial charge in [-0.15, -0.1) is 0 Å². The van der Waals surface area contributed by atoms with Gasteiger partial charge in [0, 0.05) is 33.4 Å². The molecule has 0 heterocycles. The van der Waals surface area contributed by atoms with E-state index in [1.807, 2.05) is 18.2 Å². The second-order valence-electron chi connectivity index (χ2n) is 5.53. The van der Waals surface area contributed by atoms with Gasteiger partial charge in [-0.25, -0.2) is 0 Å². The molecule has 0 saturated carbocycles. The van der Waals surface area contributed by atoms with Gasteiger partial charge < -0.3 is 20.1 Å². The van der Waals surface area contributed by atoms with E-state index in [1.165, 1.54) is 0 Å². The van der Waals surface area contributed by atoms with E-state index in [0.717, 1.165) is 43.5 Å². The zero-order valence-electron chi connectivity index (χ0n) is 14.2. The van der Waals surface area contributed by atoms with Gasteiger partial charge in [-0.2, -0.15) is 0 Å². The summed E-state index contributed by atoms with van der Waals surface area (Å²) in [6.45, 7) is 7.46. The van der Waals surface area contributed by atoms with Crippen LogP contribution in [0.25, 0.3) is 0 Å². The van der Waals surface area contributed by atoms with Crippen LogP contribution in [-0.4, -0.2) is 39.9 Å². The number of hydrogen-bond acceptors (Lipinski definition) is 3. The van der Waals surface area contributed by atoms with Crippen LogP contribution in [0.15, 0.2) is 29.3 Å². The lowest BCUT2D eigenvalue weighted by molar-refractivity contribution is 0.108. The molecule has 1 aromatic rings. The van der Waals surface area contributed by atoms with Crippen molar-refractivity contribution >= 4 is 5.96 Å². The summed E-state index contributed by atoms with van der Waals surface area (Å²) in [5.41, 5.74) is 1.16. The van der Waals surface area contributed by atoms with Crippen molar-refractivity contribution in [3.05, 3.63) is 29.8 Å². The van der Waals surface area contributed by atoms with E-state index >= 15 is 0 Å². The van der Waals surface area contributed by atoms with E-state index in [0.29, 0.717) is 12.5 Å². The van der Waals surface area contributed by atoms with E-state index in [2.05, 4.69) is 35.5 Å². The molecular weight excluding hydrogens is 278 g/mol. The number of benzene rings is 1.